The number of halogens is 1. The van der Waals surface area contributed by atoms with Gasteiger partial charge in [0, 0.05) is 17.3 Å². The molecule has 2 heterocycles. The van der Waals surface area contributed by atoms with E-state index in [2.05, 4.69) is 10.1 Å². The first-order valence-electron chi connectivity index (χ1n) is 6.98. The summed E-state index contributed by atoms with van der Waals surface area (Å²) in [5, 5.41) is 14.3. The largest absolute Gasteiger partial charge is 0.464 e. The summed E-state index contributed by atoms with van der Waals surface area (Å²) in [6.45, 7) is 5.42. The zero-order valence-electron chi connectivity index (χ0n) is 12.9. The predicted octanol–water partition coefficient (Wildman–Crippen LogP) is 1.42. The topological polar surface area (TPSA) is 103 Å². The Morgan fingerprint density at radius 2 is 2.00 bits per heavy atom. The van der Waals surface area contributed by atoms with E-state index in [4.69, 9.17) is 9.47 Å². The highest BCUT2D eigenvalue weighted by atomic mass is 127. The third-order valence-corrected chi connectivity index (χ3v) is 4.08. The molecule has 1 atom stereocenters. The minimum atomic E-state index is -1.46. The number of hydrogen-bond acceptors (Lipinski definition) is 7. The van der Waals surface area contributed by atoms with Crippen molar-refractivity contribution in [1.82, 2.24) is 14.6 Å². The second-order valence-electron chi connectivity index (χ2n) is 4.58. The van der Waals surface area contributed by atoms with Crippen LogP contribution in [-0.4, -0.2) is 44.9 Å². The second-order valence-corrected chi connectivity index (χ2v) is 5.60. The number of carbonyl (C=O) groups is 2. The Kier molecular flexibility index (Phi) is 5.52. The summed E-state index contributed by atoms with van der Waals surface area (Å²) in [5.74, 6) is -1.31. The minimum absolute atomic E-state index is 0.111. The summed E-state index contributed by atoms with van der Waals surface area (Å²) in [4.78, 5) is 27.8. The van der Waals surface area contributed by atoms with E-state index < -0.39 is 18.0 Å². The number of hydrogen-bond donors (Lipinski definition) is 1. The van der Waals surface area contributed by atoms with Gasteiger partial charge in [-0.25, -0.2) is 19.1 Å². The number of aromatic nitrogens is 3. The van der Waals surface area contributed by atoms with Gasteiger partial charge < -0.3 is 14.6 Å². The fraction of sp³-hybridized carbons (Fsp3) is 0.429. The van der Waals surface area contributed by atoms with Crippen LogP contribution in [0.2, 0.25) is 0 Å². The van der Waals surface area contributed by atoms with Gasteiger partial charge in [0.15, 0.2) is 17.4 Å². The van der Waals surface area contributed by atoms with Crippen LogP contribution in [0.3, 0.4) is 0 Å². The highest BCUT2D eigenvalue weighted by Gasteiger charge is 2.27. The highest BCUT2D eigenvalue weighted by Crippen LogP contribution is 2.25. The fourth-order valence-corrected chi connectivity index (χ4v) is 3.09. The summed E-state index contributed by atoms with van der Waals surface area (Å²) in [6, 6.07) is 1.49. The maximum absolute atomic E-state index is 11.8. The van der Waals surface area contributed by atoms with Gasteiger partial charge in [0.25, 0.3) is 0 Å². The molecule has 1 N–H and O–H groups in total. The molecule has 2 aromatic rings. The van der Waals surface area contributed by atoms with Crippen LogP contribution in [0.4, 0.5) is 0 Å². The summed E-state index contributed by atoms with van der Waals surface area (Å²) in [6.07, 6.45) is -1.46. The van der Waals surface area contributed by atoms with Gasteiger partial charge in [-0.2, -0.15) is 5.10 Å². The minimum Gasteiger partial charge on any atom is -0.464 e. The van der Waals surface area contributed by atoms with Gasteiger partial charge in [0.05, 0.1) is 13.2 Å². The van der Waals surface area contributed by atoms with Crippen LogP contribution in [0.15, 0.2) is 6.07 Å². The SMILES string of the molecule is CCOC(=O)c1cc2nc(C)c([C@H](O)C(=O)OCC)c(I)n2n1. The molecule has 0 radical (unpaired) electrons. The average molecular weight is 433 g/mol. The Balaban J connectivity index is 2.52. The Bertz CT molecular complexity index is 758. The van der Waals surface area contributed by atoms with Gasteiger partial charge in [-0.15, -0.1) is 0 Å². The molecule has 8 nitrogen and oxygen atoms in total. The van der Waals surface area contributed by atoms with Crippen LogP contribution < -0.4 is 0 Å². The van der Waals surface area contributed by atoms with Gasteiger partial charge in [-0.3, -0.25) is 0 Å². The zero-order chi connectivity index (χ0) is 17.1. The molecule has 9 heteroatoms. The fourth-order valence-electron chi connectivity index (χ4n) is 2.05. The molecule has 0 saturated carbocycles. The predicted molar refractivity (Wildman–Crippen MR) is 88.0 cm³/mol. The van der Waals surface area contributed by atoms with Crippen LogP contribution in [0.1, 0.15) is 41.7 Å². The third kappa shape index (κ3) is 3.44. The van der Waals surface area contributed by atoms with Crippen molar-refractivity contribution in [3.63, 3.8) is 0 Å². The molecule has 0 spiro atoms. The van der Waals surface area contributed by atoms with Crippen molar-refractivity contribution < 1.29 is 24.2 Å². The monoisotopic (exact) mass is 433 g/mol. The molecule has 0 saturated heterocycles. The standard InChI is InChI=1S/C14H16IN3O5/c1-4-22-13(20)8-6-9-16-7(3)10(12(15)18(9)17-8)11(19)14(21)23-5-2/h6,11,19H,4-5H2,1-3H3/t11-/m0/s1. The molecule has 0 aliphatic carbocycles. The van der Waals surface area contributed by atoms with Gasteiger partial charge in [0.2, 0.25) is 0 Å². The summed E-state index contributed by atoms with van der Waals surface area (Å²) in [5.41, 5.74) is 1.29. The molecule has 0 amide bonds. The maximum atomic E-state index is 11.8. The lowest BCUT2D eigenvalue weighted by molar-refractivity contribution is -0.153. The molecule has 23 heavy (non-hydrogen) atoms. The number of aliphatic hydroxyl groups excluding tert-OH is 1. The molecule has 0 fully saturated rings. The average Bonchev–Trinajstić information content (AvgIpc) is 2.91. The van der Waals surface area contributed by atoms with Crippen molar-refractivity contribution >= 4 is 40.2 Å². The molecule has 0 aliphatic heterocycles. The molecule has 2 rings (SSSR count). The van der Waals surface area contributed by atoms with Crippen LogP contribution in [0, 0.1) is 10.6 Å². The number of aliphatic hydroxyl groups is 1. The molecule has 0 bridgehead atoms. The van der Waals surface area contributed by atoms with Gasteiger partial charge in [-0.05, 0) is 43.4 Å². The summed E-state index contributed by atoms with van der Waals surface area (Å²) < 4.78 is 11.6. The third-order valence-electron chi connectivity index (χ3n) is 3.04. The Morgan fingerprint density at radius 3 is 2.61 bits per heavy atom. The van der Waals surface area contributed by atoms with Gasteiger partial charge in [0.1, 0.15) is 3.70 Å². The molecule has 2 aromatic heterocycles. The van der Waals surface area contributed by atoms with Crippen molar-refractivity contribution in [2.75, 3.05) is 13.2 Å². The maximum Gasteiger partial charge on any atom is 0.358 e. The first kappa shape index (κ1) is 17.6. The molecular formula is C14H16IN3O5. The van der Waals surface area contributed by atoms with Crippen molar-refractivity contribution in [1.29, 1.82) is 0 Å². The van der Waals surface area contributed by atoms with Crippen LogP contribution in [0.5, 0.6) is 0 Å². The lowest BCUT2D eigenvalue weighted by Gasteiger charge is -2.14. The van der Waals surface area contributed by atoms with E-state index in [0.29, 0.717) is 20.6 Å². The number of aryl methyl sites for hydroxylation is 1. The smallest absolute Gasteiger partial charge is 0.358 e. The highest BCUT2D eigenvalue weighted by molar-refractivity contribution is 14.1. The summed E-state index contributed by atoms with van der Waals surface area (Å²) in [7, 11) is 0. The number of esters is 2. The van der Waals surface area contributed by atoms with E-state index >= 15 is 0 Å². The van der Waals surface area contributed by atoms with Gasteiger partial charge >= 0.3 is 11.9 Å². The van der Waals surface area contributed by atoms with Crippen LogP contribution in [-0.2, 0) is 14.3 Å². The van der Waals surface area contributed by atoms with Crippen molar-refractivity contribution in [3.05, 3.63) is 26.7 Å². The van der Waals surface area contributed by atoms with Crippen LogP contribution in [0.25, 0.3) is 5.65 Å². The number of nitrogens with zero attached hydrogens (tertiary/aromatic N) is 3. The number of ether oxygens (including phenoxy) is 2. The summed E-state index contributed by atoms with van der Waals surface area (Å²) >= 11 is 1.94. The molecule has 124 valence electrons. The lowest BCUT2D eigenvalue weighted by atomic mass is 10.1. The molecule has 0 unspecified atom stereocenters. The second kappa shape index (κ2) is 7.21. The number of rotatable bonds is 5. The molecule has 0 aromatic carbocycles. The van der Waals surface area contributed by atoms with Crippen LogP contribution >= 0.6 is 22.6 Å². The zero-order valence-corrected chi connectivity index (χ0v) is 15.0. The van der Waals surface area contributed by atoms with E-state index in [1.54, 1.807) is 20.8 Å². The van der Waals surface area contributed by atoms with E-state index in [0.717, 1.165) is 0 Å². The number of carbonyl (C=O) groups excluding carboxylic acids is 2. The lowest BCUT2D eigenvalue weighted by Crippen LogP contribution is -2.20. The Hall–Kier alpha value is -1.75. The van der Waals surface area contributed by atoms with Crippen molar-refractivity contribution in [2.45, 2.75) is 26.9 Å². The first-order chi connectivity index (χ1) is 10.9. The van der Waals surface area contributed by atoms with Gasteiger partial charge in [-0.1, -0.05) is 0 Å². The first-order valence-corrected chi connectivity index (χ1v) is 8.06. The molecular weight excluding hydrogens is 417 g/mol. The number of fused-ring (bicyclic) bond motifs is 1. The normalized spacial score (nSPS) is 12.2. The van der Waals surface area contributed by atoms with E-state index in [1.165, 1.54) is 10.6 Å². The van der Waals surface area contributed by atoms with Crippen molar-refractivity contribution in [2.24, 2.45) is 0 Å². The molecule has 0 aliphatic rings. The van der Waals surface area contributed by atoms with E-state index in [-0.39, 0.29) is 18.9 Å². The Labute approximate surface area is 145 Å². The Morgan fingerprint density at radius 1 is 1.35 bits per heavy atom. The quantitative estimate of drug-likeness (QED) is 0.432. The van der Waals surface area contributed by atoms with E-state index in [9.17, 15) is 14.7 Å². The van der Waals surface area contributed by atoms with Crippen molar-refractivity contribution in [3.8, 4) is 0 Å². The van der Waals surface area contributed by atoms with E-state index in [1.807, 2.05) is 22.6 Å².